The van der Waals surface area contributed by atoms with Crippen LogP contribution in [-0.2, 0) is 22.6 Å². The van der Waals surface area contributed by atoms with Crippen molar-refractivity contribution in [1.29, 1.82) is 0 Å². The van der Waals surface area contributed by atoms with Crippen LogP contribution in [0.3, 0.4) is 0 Å². The van der Waals surface area contributed by atoms with Crippen molar-refractivity contribution in [3.05, 3.63) is 108 Å². The number of carbonyl (C=O) groups excluding carboxylic acids is 2. The summed E-state index contributed by atoms with van der Waals surface area (Å²) in [5, 5.41) is 27.2. The highest BCUT2D eigenvalue weighted by Gasteiger charge is 2.38. The van der Waals surface area contributed by atoms with Crippen LogP contribution in [0.15, 0.2) is 95.7 Å². The maximum Gasteiger partial charge on any atom is 0.405 e. The molecular formula is C38H42F3N5O6. The highest BCUT2D eigenvalue weighted by molar-refractivity contribution is 5.82. The van der Waals surface area contributed by atoms with Crippen molar-refractivity contribution in [2.24, 2.45) is 5.92 Å². The normalized spacial score (nSPS) is 20.7. The number of nitrogens with one attached hydrogen (secondary N) is 2. The number of fused-ring (bicyclic) bond motifs is 1. The van der Waals surface area contributed by atoms with E-state index in [0.29, 0.717) is 42.3 Å². The fourth-order valence-electron chi connectivity index (χ4n) is 6.80. The summed E-state index contributed by atoms with van der Waals surface area (Å²) in [4.78, 5) is 34.8. The monoisotopic (exact) mass is 721 g/mol. The number of pyridine rings is 1. The number of aromatic nitrogens is 1. The van der Waals surface area contributed by atoms with Crippen molar-refractivity contribution in [2.75, 3.05) is 39.3 Å². The topological polar surface area (TPSA) is 140 Å². The molecule has 11 nitrogen and oxygen atoms in total. The average molecular weight is 722 g/mol. The number of alkyl halides is 3. The summed E-state index contributed by atoms with van der Waals surface area (Å²) in [6.07, 6.45) is -3.09. The molecule has 2 aliphatic heterocycles. The summed E-state index contributed by atoms with van der Waals surface area (Å²) in [5.74, 6) is -0.0839. The Kier molecular flexibility index (Phi) is 11.9. The molecule has 4 N–H and O–H groups in total. The molecule has 1 saturated heterocycles. The molecule has 14 heteroatoms. The summed E-state index contributed by atoms with van der Waals surface area (Å²) < 4.78 is 51.0. The van der Waals surface area contributed by atoms with Gasteiger partial charge in [0.2, 0.25) is 11.8 Å². The fourth-order valence-corrected chi connectivity index (χ4v) is 6.80. The summed E-state index contributed by atoms with van der Waals surface area (Å²) in [5.41, 5.74) is 2.35. The quantitative estimate of drug-likeness (QED) is 0.163. The molecule has 2 aliphatic rings. The largest absolute Gasteiger partial charge is 0.490 e. The van der Waals surface area contributed by atoms with E-state index < -0.39 is 48.8 Å². The number of halogens is 3. The molecule has 5 atom stereocenters. The fraction of sp³-hybridized carbons (Fsp3) is 0.395. The van der Waals surface area contributed by atoms with E-state index in [1.165, 1.54) is 0 Å². The second-order valence-corrected chi connectivity index (χ2v) is 13.3. The number of carbonyl (C=O) groups is 2. The second-order valence-electron chi connectivity index (χ2n) is 13.3. The molecule has 0 saturated carbocycles. The number of β-amino-alcohol motifs (C(OH)–C–C–N with tert-alkyl or cyclic N) is 1. The summed E-state index contributed by atoms with van der Waals surface area (Å²) >= 11 is 0. The lowest BCUT2D eigenvalue weighted by atomic mass is 9.90. The standard InChI is InChI=1S/C38H42F3N5O6/c39-38(40,41)24-43-37(50)31-22-45(21-29-10-11-33(52-29)26-12-14-42-15-13-26)16-17-46(31)20-28(47)19-27(18-25-6-2-1-3-7-25)36(49)44-35-30-8-4-5-9-34(30)51-23-32(35)48/h1-15,27-28,31-32,35,47-48H,16-24H2,(H,43,50)(H,44,49)/t27?,28-,31-,32+,35-/m0/s1. The molecule has 276 valence electrons. The first-order chi connectivity index (χ1) is 25.0. The number of nitrogens with zero attached hydrogens (tertiary/aromatic N) is 3. The van der Waals surface area contributed by atoms with Crippen LogP contribution < -0.4 is 15.4 Å². The Bertz CT molecular complexity index is 1780. The maximum atomic E-state index is 13.9. The van der Waals surface area contributed by atoms with Crippen LogP contribution in [0, 0.1) is 5.92 Å². The lowest BCUT2D eigenvalue weighted by molar-refractivity contribution is -0.143. The van der Waals surface area contributed by atoms with E-state index in [2.05, 4.69) is 10.3 Å². The van der Waals surface area contributed by atoms with Crippen molar-refractivity contribution in [3.8, 4) is 17.1 Å². The van der Waals surface area contributed by atoms with Crippen molar-refractivity contribution in [3.63, 3.8) is 0 Å². The molecule has 0 radical (unpaired) electrons. The van der Waals surface area contributed by atoms with Crippen LogP contribution in [0.1, 0.15) is 29.3 Å². The van der Waals surface area contributed by atoms with Gasteiger partial charge < -0.3 is 30.0 Å². The molecule has 1 unspecified atom stereocenters. The number of amides is 2. The van der Waals surface area contributed by atoms with E-state index in [1.54, 1.807) is 41.6 Å². The van der Waals surface area contributed by atoms with Crippen LogP contribution in [0.4, 0.5) is 13.2 Å². The zero-order valence-electron chi connectivity index (χ0n) is 28.4. The first-order valence-corrected chi connectivity index (χ1v) is 17.2. The van der Waals surface area contributed by atoms with Gasteiger partial charge in [0.15, 0.2) is 0 Å². The van der Waals surface area contributed by atoms with E-state index in [4.69, 9.17) is 9.15 Å². The Morgan fingerprint density at radius 1 is 0.981 bits per heavy atom. The number of para-hydroxylation sites is 1. The van der Waals surface area contributed by atoms with Gasteiger partial charge in [-0.1, -0.05) is 48.5 Å². The van der Waals surface area contributed by atoms with Crippen LogP contribution in [0.25, 0.3) is 11.3 Å². The lowest BCUT2D eigenvalue weighted by Crippen LogP contribution is -2.60. The zero-order valence-corrected chi connectivity index (χ0v) is 28.4. The number of piperazine rings is 1. The molecule has 2 aromatic heterocycles. The first kappa shape index (κ1) is 37.0. The Hall–Kier alpha value is -4.76. The molecule has 4 aromatic rings. The third-order valence-electron chi connectivity index (χ3n) is 9.39. The molecule has 0 aliphatic carbocycles. The smallest absolute Gasteiger partial charge is 0.405 e. The zero-order chi connectivity index (χ0) is 36.7. The SMILES string of the molecule is O=C(N[C@H]1c2ccccc2OC[C@H]1O)C(Cc1ccccc1)C[C@H](O)CN1CCN(Cc2ccc(-c3ccncc3)o2)C[C@H]1C(=O)NCC(F)(F)F. The van der Waals surface area contributed by atoms with Gasteiger partial charge >= 0.3 is 6.18 Å². The highest BCUT2D eigenvalue weighted by atomic mass is 19.4. The second kappa shape index (κ2) is 16.7. The Labute approximate surface area is 299 Å². The predicted octanol–water partition coefficient (Wildman–Crippen LogP) is 3.73. The highest BCUT2D eigenvalue weighted by Crippen LogP contribution is 2.33. The number of benzene rings is 2. The molecule has 0 spiro atoms. The van der Waals surface area contributed by atoms with E-state index in [-0.39, 0.29) is 38.6 Å². The minimum absolute atomic E-state index is 0.00295. The predicted molar refractivity (Wildman–Crippen MR) is 185 cm³/mol. The Morgan fingerprint density at radius 3 is 2.50 bits per heavy atom. The summed E-state index contributed by atoms with van der Waals surface area (Å²) in [6.45, 7) is -0.375. The number of aliphatic hydroxyl groups is 2. The van der Waals surface area contributed by atoms with Gasteiger partial charge in [0.1, 0.15) is 42.6 Å². The molecule has 0 bridgehead atoms. The number of aliphatic hydroxyl groups excluding tert-OH is 2. The third kappa shape index (κ3) is 9.76. The van der Waals surface area contributed by atoms with Gasteiger partial charge in [0.25, 0.3) is 0 Å². The number of ether oxygens (including phenoxy) is 1. The maximum absolute atomic E-state index is 13.9. The lowest BCUT2D eigenvalue weighted by Gasteiger charge is -2.41. The van der Waals surface area contributed by atoms with Crippen molar-refractivity contribution < 1.29 is 42.1 Å². The average Bonchev–Trinajstić information content (AvgIpc) is 3.61. The van der Waals surface area contributed by atoms with Crippen LogP contribution in [0.2, 0.25) is 0 Å². The number of rotatable bonds is 13. The van der Waals surface area contributed by atoms with Crippen LogP contribution in [-0.4, -0.2) is 101 Å². The number of furan rings is 1. The van der Waals surface area contributed by atoms with Crippen LogP contribution in [0.5, 0.6) is 5.75 Å². The molecule has 2 aromatic carbocycles. The first-order valence-electron chi connectivity index (χ1n) is 17.2. The Morgan fingerprint density at radius 2 is 1.73 bits per heavy atom. The van der Waals surface area contributed by atoms with Gasteiger partial charge in [0.05, 0.1) is 18.7 Å². The van der Waals surface area contributed by atoms with Gasteiger partial charge in [-0.3, -0.25) is 24.4 Å². The number of hydrogen-bond donors (Lipinski definition) is 4. The van der Waals surface area contributed by atoms with Gasteiger partial charge in [-0.25, -0.2) is 0 Å². The third-order valence-corrected chi connectivity index (χ3v) is 9.39. The van der Waals surface area contributed by atoms with Crippen molar-refractivity contribution >= 4 is 11.8 Å². The van der Waals surface area contributed by atoms with E-state index >= 15 is 0 Å². The Balaban J connectivity index is 1.15. The number of hydrogen-bond acceptors (Lipinski definition) is 9. The van der Waals surface area contributed by atoms with Gasteiger partial charge in [0, 0.05) is 55.6 Å². The van der Waals surface area contributed by atoms with Gasteiger partial charge in [-0.2, -0.15) is 13.2 Å². The summed E-state index contributed by atoms with van der Waals surface area (Å²) in [6, 6.07) is 22.0. The van der Waals surface area contributed by atoms with Crippen molar-refractivity contribution in [1.82, 2.24) is 25.4 Å². The van der Waals surface area contributed by atoms with E-state index in [1.807, 2.05) is 64.8 Å². The van der Waals surface area contributed by atoms with Gasteiger partial charge in [-0.15, -0.1) is 0 Å². The molecule has 4 heterocycles. The molecule has 1 fully saturated rings. The summed E-state index contributed by atoms with van der Waals surface area (Å²) in [7, 11) is 0. The van der Waals surface area contributed by atoms with Crippen molar-refractivity contribution in [2.45, 2.75) is 49.9 Å². The molecular weight excluding hydrogens is 679 g/mol. The molecule has 2 amide bonds. The van der Waals surface area contributed by atoms with E-state index in [9.17, 15) is 33.0 Å². The van der Waals surface area contributed by atoms with Gasteiger partial charge in [-0.05, 0) is 48.7 Å². The molecule has 6 rings (SSSR count). The minimum Gasteiger partial charge on any atom is -0.490 e. The molecule has 52 heavy (non-hydrogen) atoms. The minimum atomic E-state index is -4.59. The van der Waals surface area contributed by atoms with E-state index in [0.717, 1.165) is 11.1 Å². The van der Waals surface area contributed by atoms with Crippen LogP contribution >= 0.6 is 0 Å².